The molecule has 0 radical (unpaired) electrons. The zero-order chi connectivity index (χ0) is 15.4. The molecule has 2 aromatic rings. The van der Waals surface area contributed by atoms with E-state index in [2.05, 4.69) is 25.9 Å². The van der Waals surface area contributed by atoms with Crippen molar-refractivity contribution in [2.24, 2.45) is 5.92 Å². The fourth-order valence-electron chi connectivity index (χ4n) is 2.15. The molecule has 0 bridgehead atoms. The lowest BCUT2D eigenvalue weighted by Crippen LogP contribution is -2.17. The molecule has 0 aliphatic carbocycles. The molecule has 1 atom stereocenters. The van der Waals surface area contributed by atoms with Crippen LogP contribution in [0.25, 0.3) is 11.1 Å². The van der Waals surface area contributed by atoms with Gasteiger partial charge in [0, 0.05) is 24.6 Å². The van der Waals surface area contributed by atoms with Gasteiger partial charge in [0.25, 0.3) is 5.56 Å². The Morgan fingerprint density at radius 3 is 2.62 bits per heavy atom. The highest BCUT2D eigenvalue weighted by atomic mass is 79.9. The topological polar surface area (TPSA) is 75.2 Å². The predicted molar refractivity (Wildman–Crippen MR) is 84.4 cm³/mol. The zero-order valence-corrected chi connectivity index (χ0v) is 13.5. The van der Waals surface area contributed by atoms with Crippen molar-refractivity contribution in [1.82, 2.24) is 9.97 Å². The van der Waals surface area contributed by atoms with Gasteiger partial charge in [-0.1, -0.05) is 35.0 Å². The minimum atomic E-state index is -0.343. The summed E-state index contributed by atoms with van der Waals surface area (Å²) in [4.78, 5) is 19.0. The molecule has 1 aromatic heterocycles. The molecule has 0 aliphatic heterocycles. The maximum Gasteiger partial charge on any atom is 0.262 e. The van der Waals surface area contributed by atoms with E-state index in [0.29, 0.717) is 24.4 Å². The molecule has 1 heterocycles. The lowest BCUT2D eigenvalue weighted by atomic mass is 10.1. The molecular weight excluding hydrogens is 336 g/mol. The lowest BCUT2D eigenvalue weighted by molar-refractivity contribution is 0.158. The molecule has 2 N–H and O–H groups in total. The summed E-state index contributed by atoms with van der Waals surface area (Å²) in [5.41, 5.74) is 0.469. The number of aromatic amines is 1. The maximum absolute atomic E-state index is 12.2. The average molecular weight is 353 g/mol. The Balaban J connectivity index is 2.33. The number of rotatable bonds is 5. The number of H-pyrrole nitrogens is 1. The van der Waals surface area contributed by atoms with Gasteiger partial charge >= 0.3 is 0 Å². The SMILES string of the molecule is COCC(C)Cc1nc(O)c(-c2ccc(Br)cc2)c(=O)[nH]1. The first-order valence-electron chi connectivity index (χ1n) is 6.58. The zero-order valence-electron chi connectivity index (χ0n) is 11.9. The summed E-state index contributed by atoms with van der Waals surface area (Å²) in [5.74, 6) is 0.416. The van der Waals surface area contributed by atoms with Crippen molar-refractivity contribution in [3.63, 3.8) is 0 Å². The highest BCUT2D eigenvalue weighted by Crippen LogP contribution is 2.25. The first-order valence-corrected chi connectivity index (χ1v) is 7.37. The highest BCUT2D eigenvalue weighted by Gasteiger charge is 2.14. The Morgan fingerprint density at radius 1 is 1.38 bits per heavy atom. The Bertz CT molecular complexity index is 668. The van der Waals surface area contributed by atoms with Gasteiger partial charge in [0.1, 0.15) is 11.4 Å². The lowest BCUT2D eigenvalue weighted by Gasteiger charge is -2.10. The van der Waals surface area contributed by atoms with Gasteiger partial charge in [0.05, 0.1) is 0 Å². The first-order chi connectivity index (χ1) is 10.0. The third kappa shape index (κ3) is 3.92. The van der Waals surface area contributed by atoms with E-state index in [-0.39, 0.29) is 22.9 Å². The Labute approximate surface area is 131 Å². The van der Waals surface area contributed by atoms with E-state index in [9.17, 15) is 9.90 Å². The molecule has 5 nitrogen and oxygen atoms in total. The van der Waals surface area contributed by atoms with Crippen LogP contribution in [-0.4, -0.2) is 28.8 Å². The van der Waals surface area contributed by atoms with Crippen molar-refractivity contribution >= 4 is 15.9 Å². The normalized spacial score (nSPS) is 12.3. The molecule has 1 unspecified atom stereocenters. The number of nitrogens with one attached hydrogen (secondary N) is 1. The van der Waals surface area contributed by atoms with Crippen LogP contribution in [0.4, 0.5) is 0 Å². The Kier molecular flexibility index (Phi) is 5.14. The van der Waals surface area contributed by atoms with Gasteiger partial charge in [-0.05, 0) is 23.6 Å². The van der Waals surface area contributed by atoms with E-state index in [0.717, 1.165) is 4.47 Å². The summed E-state index contributed by atoms with van der Waals surface area (Å²) in [6, 6.07) is 7.12. The number of benzene rings is 1. The van der Waals surface area contributed by atoms with E-state index in [1.807, 2.05) is 19.1 Å². The van der Waals surface area contributed by atoms with Crippen molar-refractivity contribution in [3.05, 3.63) is 44.9 Å². The summed E-state index contributed by atoms with van der Waals surface area (Å²) < 4.78 is 5.96. The number of halogens is 1. The molecule has 0 amide bonds. The van der Waals surface area contributed by atoms with Crippen LogP contribution in [0, 0.1) is 5.92 Å². The second kappa shape index (κ2) is 6.87. The second-order valence-corrected chi connectivity index (χ2v) is 5.90. The monoisotopic (exact) mass is 352 g/mol. The quantitative estimate of drug-likeness (QED) is 0.867. The van der Waals surface area contributed by atoms with Gasteiger partial charge in [-0.15, -0.1) is 0 Å². The van der Waals surface area contributed by atoms with Gasteiger partial charge in [0.15, 0.2) is 0 Å². The molecule has 1 aromatic carbocycles. The summed E-state index contributed by atoms with van der Waals surface area (Å²) in [7, 11) is 1.63. The van der Waals surface area contributed by atoms with Crippen molar-refractivity contribution < 1.29 is 9.84 Å². The average Bonchev–Trinajstić information content (AvgIpc) is 2.40. The maximum atomic E-state index is 12.2. The second-order valence-electron chi connectivity index (χ2n) is 4.98. The standard InChI is InChI=1S/C15H17BrN2O3/c1-9(8-21-2)7-12-17-14(19)13(15(20)18-12)10-3-5-11(16)6-4-10/h3-6,9H,7-8H2,1-2H3,(H2,17,18,19,20). The fraction of sp³-hybridized carbons (Fsp3) is 0.333. The van der Waals surface area contributed by atoms with Crippen LogP contribution < -0.4 is 5.56 Å². The van der Waals surface area contributed by atoms with Crippen molar-refractivity contribution in [1.29, 1.82) is 0 Å². The van der Waals surface area contributed by atoms with Crippen molar-refractivity contribution in [3.8, 4) is 17.0 Å². The van der Waals surface area contributed by atoms with E-state index in [4.69, 9.17) is 4.74 Å². The number of aromatic nitrogens is 2. The van der Waals surface area contributed by atoms with Crippen LogP contribution in [0.15, 0.2) is 33.5 Å². The molecule has 0 fully saturated rings. The van der Waals surface area contributed by atoms with Gasteiger partial charge in [0.2, 0.25) is 5.88 Å². The van der Waals surface area contributed by atoms with Crippen molar-refractivity contribution in [2.75, 3.05) is 13.7 Å². The Hall–Kier alpha value is -1.66. The number of hydrogen-bond acceptors (Lipinski definition) is 4. The van der Waals surface area contributed by atoms with Crippen LogP contribution in [0.1, 0.15) is 12.7 Å². The first kappa shape index (κ1) is 15.7. The summed E-state index contributed by atoms with van der Waals surface area (Å²) in [6.45, 7) is 2.56. The summed E-state index contributed by atoms with van der Waals surface area (Å²) in [5, 5.41) is 10.1. The minimum Gasteiger partial charge on any atom is -0.493 e. The van der Waals surface area contributed by atoms with E-state index in [1.54, 1.807) is 19.2 Å². The van der Waals surface area contributed by atoms with Gasteiger partial charge in [-0.25, -0.2) is 0 Å². The molecule has 21 heavy (non-hydrogen) atoms. The number of aromatic hydroxyl groups is 1. The third-order valence-electron chi connectivity index (χ3n) is 3.08. The number of ether oxygens (including phenoxy) is 1. The summed E-state index contributed by atoms with van der Waals surface area (Å²) >= 11 is 3.33. The van der Waals surface area contributed by atoms with Gasteiger partial charge in [-0.3, -0.25) is 4.79 Å². The molecular formula is C15H17BrN2O3. The largest absolute Gasteiger partial charge is 0.493 e. The van der Waals surface area contributed by atoms with Crippen LogP contribution in [0.5, 0.6) is 5.88 Å². The fourth-order valence-corrected chi connectivity index (χ4v) is 2.42. The molecule has 0 spiro atoms. The molecule has 2 rings (SSSR count). The molecule has 0 saturated carbocycles. The third-order valence-corrected chi connectivity index (χ3v) is 3.60. The smallest absolute Gasteiger partial charge is 0.262 e. The van der Waals surface area contributed by atoms with Crippen LogP contribution in [0.2, 0.25) is 0 Å². The van der Waals surface area contributed by atoms with Crippen LogP contribution >= 0.6 is 15.9 Å². The van der Waals surface area contributed by atoms with Crippen molar-refractivity contribution in [2.45, 2.75) is 13.3 Å². The van der Waals surface area contributed by atoms with Gasteiger partial charge in [-0.2, -0.15) is 4.98 Å². The summed E-state index contributed by atoms with van der Waals surface area (Å²) in [6.07, 6.45) is 0.539. The number of nitrogens with zero attached hydrogens (tertiary/aromatic N) is 1. The number of hydrogen-bond donors (Lipinski definition) is 2. The minimum absolute atomic E-state index is 0.186. The highest BCUT2D eigenvalue weighted by molar-refractivity contribution is 9.10. The van der Waals surface area contributed by atoms with Gasteiger partial charge < -0.3 is 14.8 Å². The van der Waals surface area contributed by atoms with E-state index < -0.39 is 0 Å². The molecule has 6 heteroatoms. The Morgan fingerprint density at radius 2 is 2.05 bits per heavy atom. The van der Waals surface area contributed by atoms with Crippen LogP contribution in [-0.2, 0) is 11.2 Å². The van der Waals surface area contributed by atoms with E-state index >= 15 is 0 Å². The molecule has 112 valence electrons. The molecule has 0 saturated heterocycles. The number of methoxy groups -OCH3 is 1. The van der Waals surface area contributed by atoms with E-state index in [1.165, 1.54) is 0 Å². The van der Waals surface area contributed by atoms with Crippen LogP contribution in [0.3, 0.4) is 0 Å². The predicted octanol–water partition coefficient (Wildman–Crippen LogP) is 2.73. The molecule has 0 aliphatic rings.